The van der Waals surface area contributed by atoms with Crippen molar-refractivity contribution in [1.82, 2.24) is 29.4 Å². The van der Waals surface area contributed by atoms with Crippen molar-refractivity contribution in [3.05, 3.63) is 60.0 Å². The van der Waals surface area contributed by atoms with E-state index in [1.165, 1.54) is 13.2 Å². The van der Waals surface area contributed by atoms with Crippen molar-refractivity contribution in [3.63, 3.8) is 0 Å². The highest BCUT2D eigenvalue weighted by Gasteiger charge is 2.17. The Kier molecular flexibility index (Phi) is 3.66. The van der Waals surface area contributed by atoms with Crippen molar-refractivity contribution in [2.75, 3.05) is 7.11 Å². The number of ether oxygens (including phenoxy) is 1. The van der Waals surface area contributed by atoms with Crippen LogP contribution in [0.3, 0.4) is 0 Å². The fourth-order valence-corrected chi connectivity index (χ4v) is 3.28. The van der Waals surface area contributed by atoms with E-state index < -0.39 is 0 Å². The van der Waals surface area contributed by atoms with Gasteiger partial charge in [0, 0.05) is 6.07 Å². The van der Waals surface area contributed by atoms with E-state index in [9.17, 15) is 5.11 Å². The largest absolute Gasteiger partial charge is 0.507 e. The molecule has 0 fully saturated rings. The van der Waals surface area contributed by atoms with Gasteiger partial charge in [-0.3, -0.25) is 0 Å². The molecular weight excluding hydrogens is 380 g/mol. The summed E-state index contributed by atoms with van der Waals surface area (Å²) < 4.78 is 8.34. The van der Waals surface area contributed by atoms with Crippen LogP contribution in [0.1, 0.15) is 0 Å². The maximum atomic E-state index is 10.3. The zero-order valence-electron chi connectivity index (χ0n) is 14.6. The molecule has 3 heterocycles. The first-order valence-electron chi connectivity index (χ1n) is 8.37. The number of aromatic nitrogens is 6. The summed E-state index contributed by atoms with van der Waals surface area (Å²) in [6.45, 7) is 0. The van der Waals surface area contributed by atoms with Crippen LogP contribution < -0.4 is 4.74 Å². The number of phenolic OH excluding ortho intramolecular Hbond substituents is 1. The minimum Gasteiger partial charge on any atom is -0.507 e. The van der Waals surface area contributed by atoms with Crippen molar-refractivity contribution < 1.29 is 9.84 Å². The summed E-state index contributed by atoms with van der Waals surface area (Å²) in [4.78, 5) is 9.04. The molecule has 0 aliphatic heterocycles. The summed E-state index contributed by atoms with van der Waals surface area (Å²) in [5.41, 5.74) is 2.41. The van der Waals surface area contributed by atoms with Crippen molar-refractivity contribution >= 4 is 28.3 Å². The molecule has 0 saturated heterocycles. The maximum absolute atomic E-state index is 10.3. The Balaban J connectivity index is 1.69. The summed E-state index contributed by atoms with van der Waals surface area (Å²) >= 11 is 6.30. The molecule has 0 aliphatic rings. The molecule has 28 heavy (non-hydrogen) atoms. The van der Waals surface area contributed by atoms with E-state index in [1.54, 1.807) is 39.9 Å². The number of para-hydroxylation sites is 1. The number of aromatic hydroxyl groups is 1. The molecule has 0 atom stereocenters. The Morgan fingerprint density at radius 3 is 2.75 bits per heavy atom. The highest BCUT2D eigenvalue weighted by molar-refractivity contribution is 6.32. The van der Waals surface area contributed by atoms with Crippen molar-refractivity contribution in [2.45, 2.75) is 0 Å². The second-order valence-electron chi connectivity index (χ2n) is 6.08. The third-order valence-electron chi connectivity index (χ3n) is 4.43. The number of phenols is 1. The van der Waals surface area contributed by atoms with E-state index >= 15 is 0 Å². The standard InChI is InChI=1S/C19H13ClN6O2/c1-28-11-6-7-12(16(27)8-11)17-23-19-13-9-22-26(15-5-3-2-4-14(15)20)18(13)21-10-25(19)24-17/h2-10,27H,1H3. The molecule has 138 valence electrons. The van der Waals surface area contributed by atoms with Crippen LogP contribution in [0, 0.1) is 0 Å². The van der Waals surface area contributed by atoms with Gasteiger partial charge in [0.15, 0.2) is 17.1 Å². The lowest BCUT2D eigenvalue weighted by molar-refractivity contribution is 0.408. The molecule has 3 aromatic heterocycles. The molecule has 0 bridgehead atoms. The van der Waals surface area contributed by atoms with E-state index in [-0.39, 0.29) is 5.75 Å². The molecular formula is C19H13ClN6O2. The Hall–Kier alpha value is -3.65. The van der Waals surface area contributed by atoms with Crippen LogP contribution in [-0.2, 0) is 0 Å². The van der Waals surface area contributed by atoms with Gasteiger partial charge in [0.2, 0.25) is 0 Å². The first-order valence-corrected chi connectivity index (χ1v) is 8.75. The van der Waals surface area contributed by atoms with E-state index in [4.69, 9.17) is 16.3 Å². The van der Waals surface area contributed by atoms with Gasteiger partial charge in [-0.25, -0.2) is 19.2 Å². The van der Waals surface area contributed by atoms with Gasteiger partial charge in [-0.05, 0) is 24.3 Å². The average molecular weight is 393 g/mol. The van der Waals surface area contributed by atoms with Crippen LogP contribution in [0.5, 0.6) is 11.5 Å². The van der Waals surface area contributed by atoms with Crippen LogP contribution in [0.4, 0.5) is 0 Å². The summed E-state index contributed by atoms with van der Waals surface area (Å²) in [6, 6.07) is 12.4. The third-order valence-corrected chi connectivity index (χ3v) is 4.75. The van der Waals surface area contributed by atoms with E-state index in [2.05, 4.69) is 20.2 Å². The van der Waals surface area contributed by atoms with Crippen LogP contribution >= 0.6 is 11.6 Å². The van der Waals surface area contributed by atoms with Gasteiger partial charge in [-0.1, -0.05) is 23.7 Å². The fourth-order valence-electron chi connectivity index (χ4n) is 3.06. The topological polar surface area (TPSA) is 90.4 Å². The molecule has 5 aromatic rings. The number of benzene rings is 2. The fraction of sp³-hybridized carbons (Fsp3) is 0.0526. The lowest BCUT2D eigenvalue weighted by Crippen LogP contribution is -1.99. The number of fused-ring (bicyclic) bond motifs is 3. The van der Waals surface area contributed by atoms with Crippen molar-refractivity contribution in [2.24, 2.45) is 0 Å². The lowest BCUT2D eigenvalue weighted by atomic mass is 10.2. The Bertz CT molecular complexity index is 1340. The van der Waals surface area contributed by atoms with E-state index in [1.807, 2.05) is 18.2 Å². The van der Waals surface area contributed by atoms with E-state index in [0.717, 1.165) is 5.69 Å². The average Bonchev–Trinajstić information content (AvgIpc) is 3.32. The number of hydrogen-bond donors (Lipinski definition) is 1. The first-order chi connectivity index (χ1) is 13.7. The zero-order chi connectivity index (χ0) is 19.3. The highest BCUT2D eigenvalue weighted by atomic mass is 35.5. The molecule has 2 aromatic carbocycles. The molecule has 8 nitrogen and oxygen atoms in total. The van der Waals surface area contributed by atoms with Crippen LogP contribution in [0.2, 0.25) is 5.02 Å². The molecule has 0 saturated carbocycles. The highest BCUT2D eigenvalue weighted by Crippen LogP contribution is 2.31. The molecule has 9 heteroatoms. The molecule has 0 amide bonds. The number of nitrogens with zero attached hydrogens (tertiary/aromatic N) is 6. The lowest BCUT2D eigenvalue weighted by Gasteiger charge is -2.04. The predicted molar refractivity (Wildman–Crippen MR) is 104 cm³/mol. The Morgan fingerprint density at radius 2 is 1.96 bits per heavy atom. The smallest absolute Gasteiger partial charge is 0.185 e. The second kappa shape index (κ2) is 6.21. The summed E-state index contributed by atoms with van der Waals surface area (Å²) in [7, 11) is 1.54. The summed E-state index contributed by atoms with van der Waals surface area (Å²) in [5, 5.41) is 20.4. The van der Waals surface area contributed by atoms with Gasteiger partial charge < -0.3 is 9.84 Å². The number of halogens is 1. The monoisotopic (exact) mass is 392 g/mol. The first kappa shape index (κ1) is 16.5. The molecule has 0 aliphatic carbocycles. The molecule has 5 rings (SSSR count). The van der Waals surface area contributed by atoms with Gasteiger partial charge in [-0.15, -0.1) is 5.10 Å². The molecule has 1 N–H and O–H groups in total. The van der Waals surface area contributed by atoms with E-state index in [0.29, 0.717) is 38.8 Å². The molecule has 0 unspecified atom stereocenters. The van der Waals surface area contributed by atoms with Crippen molar-refractivity contribution in [1.29, 1.82) is 0 Å². The number of methoxy groups -OCH3 is 1. The minimum atomic E-state index is 0.0335. The van der Waals surface area contributed by atoms with Gasteiger partial charge in [-0.2, -0.15) is 5.10 Å². The van der Waals surface area contributed by atoms with Gasteiger partial charge >= 0.3 is 0 Å². The molecule has 0 radical (unpaired) electrons. The van der Waals surface area contributed by atoms with Gasteiger partial charge in [0.25, 0.3) is 0 Å². The minimum absolute atomic E-state index is 0.0335. The van der Waals surface area contributed by atoms with Crippen LogP contribution in [-0.4, -0.2) is 41.6 Å². The predicted octanol–water partition coefficient (Wildman–Crippen LogP) is 3.50. The number of hydrogen-bond acceptors (Lipinski definition) is 6. The van der Waals surface area contributed by atoms with Crippen LogP contribution in [0.25, 0.3) is 33.8 Å². The normalized spacial score (nSPS) is 11.4. The second-order valence-corrected chi connectivity index (χ2v) is 6.48. The quantitative estimate of drug-likeness (QED) is 0.505. The van der Waals surface area contributed by atoms with Gasteiger partial charge in [0.1, 0.15) is 17.8 Å². The third kappa shape index (κ3) is 2.46. The van der Waals surface area contributed by atoms with Gasteiger partial charge in [0.05, 0.1) is 35.0 Å². The summed E-state index contributed by atoms with van der Waals surface area (Å²) in [5.74, 6) is 0.959. The SMILES string of the molecule is COc1ccc(-c2nc3c4cnn(-c5ccccc5Cl)c4ncn3n2)c(O)c1. The Labute approximate surface area is 163 Å². The summed E-state index contributed by atoms with van der Waals surface area (Å²) in [6.07, 6.45) is 3.23. The van der Waals surface area contributed by atoms with Crippen molar-refractivity contribution in [3.8, 4) is 28.6 Å². The number of rotatable bonds is 3. The Morgan fingerprint density at radius 1 is 1.11 bits per heavy atom. The van der Waals surface area contributed by atoms with Crippen LogP contribution in [0.15, 0.2) is 55.0 Å². The zero-order valence-corrected chi connectivity index (χ0v) is 15.4. The maximum Gasteiger partial charge on any atom is 0.185 e. The molecule has 0 spiro atoms.